The smallest absolute Gasteiger partial charge is 0.407 e. The van der Waals surface area contributed by atoms with Crippen LogP contribution < -0.4 is 10.6 Å². The minimum atomic E-state index is -0.889. The molecule has 186 valence electrons. The quantitative estimate of drug-likeness (QED) is 0.510. The van der Waals surface area contributed by atoms with E-state index in [-0.39, 0.29) is 24.3 Å². The summed E-state index contributed by atoms with van der Waals surface area (Å²) in [5.41, 5.74) is 4.54. The Labute approximate surface area is 206 Å². The summed E-state index contributed by atoms with van der Waals surface area (Å²) in [5.74, 6) is -2.05. The van der Waals surface area contributed by atoms with Gasteiger partial charge in [0, 0.05) is 12.0 Å². The second kappa shape index (κ2) is 10.9. The lowest BCUT2D eigenvalue weighted by Crippen LogP contribution is -2.55. The molecule has 0 spiro atoms. The molecule has 0 radical (unpaired) electrons. The first-order valence-corrected chi connectivity index (χ1v) is 12.5. The number of nitrogens with one attached hydrogen (secondary N) is 2. The van der Waals surface area contributed by atoms with Gasteiger partial charge in [-0.25, -0.2) is 4.79 Å². The zero-order valence-corrected chi connectivity index (χ0v) is 20.3. The number of rotatable bonds is 8. The number of ether oxygens (including phenoxy) is 1. The van der Waals surface area contributed by atoms with Crippen LogP contribution in [-0.2, 0) is 14.3 Å². The highest BCUT2D eigenvalue weighted by Gasteiger charge is 2.35. The molecule has 0 aliphatic heterocycles. The van der Waals surface area contributed by atoms with Gasteiger partial charge in [-0.3, -0.25) is 9.59 Å². The summed E-state index contributed by atoms with van der Waals surface area (Å²) in [6.07, 6.45) is 2.92. The lowest BCUT2D eigenvalue weighted by Gasteiger charge is -2.32. The van der Waals surface area contributed by atoms with Gasteiger partial charge in [0.05, 0.1) is 5.92 Å². The number of benzene rings is 2. The third kappa shape index (κ3) is 5.34. The Morgan fingerprint density at radius 1 is 1.00 bits per heavy atom. The summed E-state index contributed by atoms with van der Waals surface area (Å²) in [5, 5.41) is 15.2. The molecule has 0 saturated heterocycles. The van der Waals surface area contributed by atoms with Gasteiger partial charge in [-0.15, -0.1) is 0 Å². The van der Waals surface area contributed by atoms with Gasteiger partial charge in [0.25, 0.3) is 0 Å². The maximum atomic E-state index is 13.1. The molecule has 0 bridgehead atoms. The predicted molar refractivity (Wildman–Crippen MR) is 133 cm³/mol. The van der Waals surface area contributed by atoms with Crippen LogP contribution >= 0.6 is 0 Å². The van der Waals surface area contributed by atoms with Crippen molar-refractivity contribution in [3.05, 3.63) is 59.7 Å². The van der Waals surface area contributed by atoms with Crippen LogP contribution in [0.5, 0.6) is 0 Å². The second-order valence-electron chi connectivity index (χ2n) is 9.68. The van der Waals surface area contributed by atoms with E-state index in [0.717, 1.165) is 35.1 Å². The van der Waals surface area contributed by atoms with Crippen molar-refractivity contribution < 1.29 is 24.2 Å². The van der Waals surface area contributed by atoms with Crippen molar-refractivity contribution in [3.63, 3.8) is 0 Å². The maximum absolute atomic E-state index is 13.1. The van der Waals surface area contributed by atoms with E-state index in [1.54, 1.807) is 0 Å². The van der Waals surface area contributed by atoms with E-state index in [0.29, 0.717) is 19.3 Å². The van der Waals surface area contributed by atoms with Crippen LogP contribution in [0, 0.1) is 11.8 Å². The summed E-state index contributed by atoms with van der Waals surface area (Å²) >= 11 is 0. The Morgan fingerprint density at radius 2 is 1.60 bits per heavy atom. The molecule has 2 aromatic rings. The fraction of sp³-hybridized carbons (Fsp3) is 0.464. The van der Waals surface area contributed by atoms with E-state index in [2.05, 4.69) is 34.9 Å². The molecule has 2 aliphatic rings. The standard InChI is InChI=1S/C28H34N2O5/c1-3-17(2)25(26(31)29-24-15-9-8-14-22(24)27(32)33)30-28(34)35-16-23-20-12-6-4-10-18(20)19-11-5-7-13-21(19)23/h4-7,10-13,17,22-25H,3,8-9,14-16H2,1-2H3,(H,29,31)(H,30,34)(H,32,33)/t17-,22-,24+,25-/m0/s1. The Balaban J connectivity index is 1.41. The summed E-state index contributed by atoms with van der Waals surface area (Å²) < 4.78 is 5.64. The molecule has 1 fully saturated rings. The van der Waals surface area contributed by atoms with Gasteiger partial charge in [0.1, 0.15) is 12.6 Å². The lowest BCUT2D eigenvalue weighted by molar-refractivity contribution is -0.144. The Morgan fingerprint density at radius 3 is 2.20 bits per heavy atom. The van der Waals surface area contributed by atoms with E-state index >= 15 is 0 Å². The number of hydrogen-bond acceptors (Lipinski definition) is 4. The molecular formula is C28H34N2O5. The summed E-state index contributed by atoms with van der Waals surface area (Å²) in [6.45, 7) is 4.01. The number of carboxylic acids is 1. The average molecular weight is 479 g/mol. The minimum Gasteiger partial charge on any atom is -0.481 e. The third-order valence-electron chi connectivity index (χ3n) is 7.52. The Kier molecular flexibility index (Phi) is 7.73. The number of hydrogen-bond donors (Lipinski definition) is 3. The Hall–Kier alpha value is -3.35. The summed E-state index contributed by atoms with van der Waals surface area (Å²) in [7, 11) is 0. The number of amides is 2. The summed E-state index contributed by atoms with van der Waals surface area (Å²) in [4.78, 5) is 37.6. The fourth-order valence-electron chi connectivity index (χ4n) is 5.34. The molecule has 1 saturated carbocycles. The van der Waals surface area contributed by atoms with E-state index < -0.39 is 30.1 Å². The number of carbonyl (C=O) groups excluding carboxylic acids is 2. The highest BCUT2D eigenvalue weighted by atomic mass is 16.5. The van der Waals surface area contributed by atoms with Crippen LogP contribution in [0.3, 0.4) is 0 Å². The number of aliphatic carboxylic acids is 1. The monoisotopic (exact) mass is 478 g/mol. The van der Waals surface area contributed by atoms with Gasteiger partial charge in [0.15, 0.2) is 0 Å². The van der Waals surface area contributed by atoms with E-state index in [9.17, 15) is 19.5 Å². The van der Waals surface area contributed by atoms with Crippen molar-refractivity contribution in [2.45, 2.75) is 64.0 Å². The van der Waals surface area contributed by atoms with Gasteiger partial charge in [-0.1, -0.05) is 81.6 Å². The first-order chi connectivity index (χ1) is 16.9. The average Bonchev–Trinajstić information content (AvgIpc) is 3.19. The van der Waals surface area contributed by atoms with Crippen molar-refractivity contribution in [2.24, 2.45) is 11.8 Å². The fourth-order valence-corrected chi connectivity index (χ4v) is 5.34. The van der Waals surface area contributed by atoms with Crippen molar-refractivity contribution in [3.8, 4) is 11.1 Å². The van der Waals surface area contributed by atoms with E-state index in [1.165, 1.54) is 0 Å². The largest absolute Gasteiger partial charge is 0.481 e. The highest BCUT2D eigenvalue weighted by molar-refractivity contribution is 5.87. The predicted octanol–water partition coefficient (Wildman–Crippen LogP) is 4.70. The van der Waals surface area contributed by atoms with Crippen LogP contribution in [0.15, 0.2) is 48.5 Å². The molecule has 0 unspecified atom stereocenters. The molecular weight excluding hydrogens is 444 g/mol. The maximum Gasteiger partial charge on any atom is 0.407 e. The van der Waals surface area contributed by atoms with E-state index in [1.807, 2.05) is 38.1 Å². The molecule has 2 aliphatic carbocycles. The summed E-state index contributed by atoms with van der Waals surface area (Å²) in [6, 6.07) is 15.0. The van der Waals surface area contributed by atoms with Crippen LogP contribution in [0.25, 0.3) is 11.1 Å². The van der Waals surface area contributed by atoms with Crippen LogP contribution in [0.4, 0.5) is 4.79 Å². The van der Waals surface area contributed by atoms with Gasteiger partial charge in [-0.2, -0.15) is 0 Å². The number of carboxylic acid groups (broad SMARTS) is 1. The topological polar surface area (TPSA) is 105 Å². The zero-order chi connectivity index (χ0) is 24.9. The molecule has 7 heteroatoms. The van der Waals surface area contributed by atoms with E-state index in [4.69, 9.17) is 4.74 Å². The Bertz CT molecular complexity index is 1040. The van der Waals surface area contributed by atoms with Crippen molar-refractivity contribution in [1.29, 1.82) is 0 Å². The van der Waals surface area contributed by atoms with Gasteiger partial charge < -0.3 is 20.5 Å². The van der Waals surface area contributed by atoms with Gasteiger partial charge in [0.2, 0.25) is 5.91 Å². The molecule has 0 heterocycles. The van der Waals surface area contributed by atoms with Gasteiger partial charge in [-0.05, 0) is 41.0 Å². The minimum absolute atomic E-state index is 0.0670. The van der Waals surface area contributed by atoms with Crippen molar-refractivity contribution in [2.75, 3.05) is 6.61 Å². The molecule has 4 atom stereocenters. The SMILES string of the molecule is CC[C@H](C)[C@H](NC(=O)OCC1c2ccccc2-c2ccccc21)C(=O)N[C@@H]1CCCC[C@@H]1C(=O)O. The van der Waals surface area contributed by atoms with Crippen LogP contribution in [0.1, 0.15) is 63.0 Å². The normalized spacial score (nSPS) is 20.7. The third-order valence-corrected chi connectivity index (χ3v) is 7.52. The first-order valence-electron chi connectivity index (χ1n) is 12.5. The molecule has 2 amide bonds. The van der Waals surface area contributed by atoms with Crippen molar-refractivity contribution in [1.82, 2.24) is 10.6 Å². The first kappa shape index (κ1) is 24.8. The molecule has 0 aromatic heterocycles. The number of alkyl carbamates (subject to hydrolysis) is 1. The lowest BCUT2D eigenvalue weighted by atomic mass is 9.84. The zero-order valence-electron chi connectivity index (χ0n) is 20.3. The van der Waals surface area contributed by atoms with Crippen molar-refractivity contribution >= 4 is 18.0 Å². The van der Waals surface area contributed by atoms with Crippen LogP contribution in [-0.4, -0.2) is 41.8 Å². The second-order valence-corrected chi connectivity index (χ2v) is 9.68. The molecule has 3 N–H and O–H groups in total. The molecule has 35 heavy (non-hydrogen) atoms. The van der Waals surface area contributed by atoms with Gasteiger partial charge >= 0.3 is 12.1 Å². The number of carbonyl (C=O) groups is 3. The van der Waals surface area contributed by atoms with Crippen LogP contribution in [0.2, 0.25) is 0 Å². The number of fused-ring (bicyclic) bond motifs is 3. The molecule has 2 aromatic carbocycles. The molecule has 7 nitrogen and oxygen atoms in total. The highest BCUT2D eigenvalue weighted by Crippen LogP contribution is 2.44. The molecule has 4 rings (SSSR count).